The molecule has 2 aliphatic heterocycles. The topological polar surface area (TPSA) is 123 Å². The SMILES string of the molecule is C=CC(=O)Nc1cccc(S(=O)(=O)c2ccc(N3CC(CN4CCC([C@@](C#N)(c5cccc(F)c5)[C@H]5CCC[C@@H]5NC(=O)CC)CC4)C3)cc2)c1. The average molecular weight is 712 g/mol. The number of nitrogens with one attached hydrogen (secondary N) is 2. The lowest BCUT2D eigenvalue weighted by molar-refractivity contribution is -0.122. The zero-order chi connectivity index (χ0) is 36.2. The van der Waals surface area contributed by atoms with E-state index in [1.807, 2.05) is 25.1 Å². The van der Waals surface area contributed by atoms with Gasteiger partial charge in [0.2, 0.25) is 21.7 Å². The Labute approximate surface area is 300 Å². The Kier molecular flexibility index (Phi) is 10.9. The van der Waals surface area contributed by atoms with Gasteiger partial charge in [-0.15, -0.1) is 0 Å². The van der Waals surface area contributed by atoms with Crippen LogP contribution in [0, 0.1) is 34.9 Å². The minimum Gasteiger partial charge on any atom is -0.371 e. The number of nitriles is 1. The molecule has 1 aliphatic carbocycles. The summed E-state index contributed by atoms with van der Waals surface area (Å²) < 4.78 is 41.3. The van der Waals surface area contributed by atoms with E-state index in [-0.39, 0.29) is 39.4 Å². The Balaban J connectivity index is 1.06. The molecule has 2 saturated heterocycles. The molecule has 2 amide bonds. The highest BCUT2D eigenvalue weighted by Crippen LogP contribution is 2.50. The van der Waals surface area contributed by atoms with Gasteiger partial charge in [0.05, 0.1) is 21.3 Å². The van der Waals surface area contributed by atoms with E-state index in [0.29, 0.717) is 18.0 Å². The Morgan fingerprint density at radius 3 is 2.39 bits per heavy atom. The van der Waals surface area contributed by atoms with Crippen molar-refractivity contribution in [3.8, 4) is 6.07 Å². The lowest BCUT2D eigenvalue weighted by atomic mass is 9.59. The first-order valence-electron chi connectivity index (χ1n) is 17.9. The minimum absolute atomic E-state index is 0.0125. The second-order valence-corrected chi connectivity index (χ2v) is 16.1. The Morgan fingerprint density at radius 2 is 1.73 bits per heavy atom. The van der Waals surface area contributed by atoms with E-state index in [2.05, 4.69) is 33.1 Å². The molecule has 0 aromatic heterocycles. The molecule has 11 heteroatoms. The molecule has 0 spiro atoms. The first-order chi connectivity index (χ1) is 24.6. The van der Waals surface area contributed by atoms with Gasteiger partial charge >= 0.3 is 0 Å². The highest BCUT2D eigenvalue weighted by atomic mass is 32.2. The molecule has 3 aromatic rings. The number of piperidine rings is 1. The number of rotatable bonds is 12. The van der Waals surface area contributed by atoms with Crippen molar-refractivity contribution in [1.29, 1.82) is 5.26 Å². The van der Waals surface area contributed by atoms with Crippen molar-refractivity contribution < 1.29 is 22.4 Å². The number of carbonyl (C=O) groups is 2. The third-order valence-electron chi connectivity index (χ3n) is 11.1. The molecule has 0 radical (unpaired) electrons. The number of nitrogens with zero attached hydrogens (tertiary/aromatic N) is 3. The maximum absolute atomic E-state index is 14.6. The molecule has 9 nitrogen and oxygen atoms in total. The summed E-state index contributed by atoms with van der Waals surface area (Å²) in [6, 6.07) is 22.3. The quantitative estimate of drug-likeness (QED) is 0.218. The zero-order valence-electron chi connectivity index (χ0n) is 29.1. The third kappa shape index (κ3) is 7.58. The molecule has 2 heterocycles. The van der Waals surface area contributed by atoms with Gasteiger partial charge in [0.15, 0.2) is 0 Å². The average Bonchev–Trinajstić information content (AvgIpc) is 3.59. The molecular weight excluding hydrogens is 666 g/mol. The zero-order valence-corrected chi connectivity index (χ0v) is 29.9. The van der Waals surface area contributed by atoms with E-state index in [4.69, 9.17) is 0 Å². The predicted octanol–water partition coefficient (Wildman–Crippen LogP) is 6.09. The largest absolute Gasteiger partial charge is 0.371 e. The van der Waals surface area contributed by atoms with Crippen LogP contribution in [-0.2, 0) is 24.8 Å². The number of carbonyl (C=O) groups excluding carboxylic acids is 2. The van der Waals surface area contributed by atoms with Gasteiger partial charge in [0, 0.05) is 55.3 Å². The molecule has 3 aliphatic rings. The van der Waals surface area contributed by atoms with Gasteiger partial charge in [-0.3, -0.25) is 9.59 Å². The summed E-state index contributed by atoms with van der Waals surface area (Å²) in [5.41, 5.74) is 1.19. The molecule has 3 atom stereocenters. The second kappa shape index (κ2) is 15.4. The van der Waals surface area contributed by atoms with Gasteiger partial charge in [-0.2, -0.15) is 5.26 Å². The van der Waals surface area contributed by atoms with Crippen molar-refractivity contribution in [2.24, 2.45) is 17.8 Å². The fourth-order valence-electron chi connectivity index (χ4n) is 8.46. The van der Waals surface area contributed by atoms with Crippen LogP contribution >= 0.6 is 0 Å². The fourth-order valence-corrected chi connectivity index (χ4v) is 9.77. The first-order valence-corrected chi connectivity index (χ1v) is 19.4. The molecular formula is C40H46FN5O4S. The number of hydrogen-bond donors (Lipinski definition) is 2. The van der Waals surface area contributed by atoms with E-state index >= 15 is 0 Å². The molecule has 3 aromatic carbocycles. The Morgan fingerprint density at radius 1 is 1.00 bits per heavy atom. The molecule has 1 saturated carbocycles. The van der Waals surface area contributed by atoms with E-state index in [1.54, 1.807) is 30.3 Å². The molecule has 51 heavy (non-hydrogen) atoms. The van der Waals surface area contributed by atoms with Crippen LogP contribution in [0.2, 0.25) is 0 Å². The van der Waals surface area contributed by atoms with Crippen LogP contribution in [0.3, 0.4) is 0 Å². The predicted molar refractivity (Wildman–Crippen MR) is 195 cm³/mol. The Hall–Kier alpha value is -4.53. The molecule has 2 N–H and O–H groups in total. The summed E-state index contributed by atoms with van der Waals surface area (Å²) in [4.78, 5) is 29.1. The summed E-state index contributed by atoms with van der Waals surface area (Å²) >= 11 is 0. The van der Waals surface area contributed by atoms with Crippen molar-refractivity contribution >= 4 is 33.0 Å². The Bertz CT molecular complexity index is 1900. The van der Waals surface area contributed by atoms with Crippen LogP contribution in [0.15, 0.2) is 95.2 Å². The molecule has 6 rings (SSSR count). The van der Waals surface area contributed by atoms with E-state index in [9.17, 15) is 27.7 Å². The smallest absolute Gasteiger partial charge is 0.247 e. The lowest BCUT2D eigenvalue weighted by Crippen LogP contribution is -2.55. The number of halogens is 1. The van der Waals surface area contributed by atoms with E-state index in [0.717, 1.165) is 82.2 Å². The normalized spacial score (nSPS) is 21.2. The third-order valence-corrected chi connectivity index (χ3v) is 12.8. The van der Waals surface area contributed by atoms with Crippen LogP contribution < -0.4 is 15.5 Å². The molecule has 0 unspecified atom stereocenters. The first kappa shape index (κ1) is 36.3. The standard InChI is InChI=1S/C40H46FN5O4S/c1-3-38(47)43-32-10-6-11-35(23-32)51(49,50)34-16-14-33(15-17-34)46-25-28(26-46)24-45-20-18-29(19-21-45)40(27-42,30-8-5-9-31(41)22-30)36-12-7-13-37(36)44-39(48)4-2/h3,5-6,8-11,14-17,22-23,28-29,36-37H,1,4,7,12-13,18-21,24-26H2,2H3,(H,43,47)(H,44,48)/t36-,37-,40-/m0/s1. The number of hydrogen-bond acceptors (Lipinski definition) is 7. The summed E-state index contributed by atoms with van der Waals surface area (Å²) in [6.45, 7) is 9.63. The van der Waals surface area contributed by atoms with Crippen LogP contribution in [0.5, 0.6) is 0 Å². The summed E-state index contributed by atoms with van der Waals surface area (Å²) in [7, 11) is -3.78. The summed E-state index contributed by atoms with van der Waals surface area (Å²) in [5, 5.41) is 16.7. The van der Waals surface area contributed by atoms with Crippen LogP contribution in [0.25, 0.3) is 0 Å². The van der Waals surface area contributed by atoms with Gasteiger partial charge in [-0.25, -0.2) is 12.8 Å². The second-order valence-electron chi connectivity index (χ2n) is 14.1. The summed E-state index contributed by atoms with van der Waals surface area (Å²) in [5.74, 6) is -0.338. The number of sulfone groups is 1. The number of benzene rings is 3. The monoisotopic (exact) mass is 711 g/mol. The van der Waals surface area contributed by atoms with Crippen molar-refractivity contribution in [2.75, 3.05) is 42.9 Å². The van der Waals surface area contributed by atoms with E-state index in [1.165, 1.54) is 24.3 Å². The summed E-state index contributed by atoms with van der Waals surface area (Å²) in [6.07, 6.45) is 5.75. The van der Waals surface area contributed by atoms with E-state index < -0.39 is 21.2 Å². The minimum atomic E-state index is -3.78. The lowest BCUT2D eigenvalue weighted by Gasteiger charge is -2.48. The van der Waals surface area contributed by atoms with Gasteiger partial charge in [-0.05, 0) is 111 Å². The number of amides is 2. The van der Waals surface area contributed by atoms with Crippen molar-refractivity contribution in [3.63, 3.8) is 0 Å². The van der Waals surface area contributed by atoms with Crippen LogP contribution in [-0.4, -0.2) is 63.9 Å². The highest BCUT2D eigenvalue weighted by Gasteiger charge is 2.52. The number of anilines is 2. The maximum Gasteiger partial charge on any atom is 0.247 e. The van der Waals surface area contributed by atoms with Crippen molar-refractivity contribution in [1.82, 2.24) is 10.2 Å². The molecule has 0 bridgehead atoms. The van der Waals surface area contributed by atoms with Gasteiger partial charge in [-0.1, -0.05) is 38.1 Å². The maximum atomic E-state index is 14.6. The molecule has 3 fully saturated rings. The highest BCUT2D eigenvalue weighted by molar-refractivity contribution is 7.91. The van der Waals surface area contributed by atoms with Crippen molar-refractivity contribution in [2.45, 2.75) is 66.7 Å². The van der Waals surface area contributed by atoms with Crippen molar-refractivity contribution in [3.05, 3.63) is 96.8 Å². The fraction of sp³-hybridized carbons (Fsp3) is 0.425. The molecule has 268 valence electrons. The number of likely N-dealkylation sites (tertiary alicyclic amines) is 1. The van der Waals surface area contributed by atoms with Gasteiger partial charge < -0.3 is 20.4 Å². The van der Waals surface area contributed by atoms with Crippen LogP contribution in [0.1, 0.15) is 51.0 Å². The van der Waals surface area contributed by atoms with Gasteiger partial charge in [0.1, 0.15) is 5.82 Å². The van der Waals surface area contributed by atoms with Gasteiger partial charge in [0.25, 0.3) is 0 Å². The van der Waals surface area contributed by atoms with Crippen LogP contribution in [0.4, 0.5) is 15.8 Å².